The fourth-order valence-electron chi connectivity index (χ4n) is 7.31. The van der Waals surface area contributed by atoms with E-state index in [1.807, 2.05) is 0 Å². The summed E-state index contributed by atoms with van der Waals surface area (Å²) in [6.45, 7) is 3.50. The Bertz CT molecular complexity index is 1290. The van der Waals surface area contributed by atoms with E-state index in [9.17, 15) is 40.5 Å². The minimum atomic E-state index is -1.71. The summed E-state index contributed by atoms with van der Waals surface area (Å²) in [5, 5.41) is 71.9. The second-order valence-electron chi connectivity index (χ2n) is 16.9. The Morgan fingerprint density at radius 2 is 1.02 bits per heavy atom. The van der Waals surface area contributed by atoms with E-state index in [4.69, 9.17) is 28.4 Å². The van der Waals surface area contributed by atoms with Crippen LogP contribution in [-0.2, 0) is 33.2 Å². The van der Waals surface area contributed by atoms with Gasteiger partial charge in [-0.2, -0.15) is 0 Å². The minimum Gasteiger partial charge on any atom is -0.457 e. The highest BCUT2D eigenvalue weighted by atomic mass is 16.7. The van der Waals surface area contributed by atoms with Crippen LogP contribution in [0.3, 0.4) is 0 Å². The third kappa shape index (κ3) is 25.6. The van der Waals surface area contributed by atoms with Gasteiger partial charge in [-0.05, 0) is 57.8 Å². The normalized spacial score (nSPS) is 27.3. The number of hydrogen-bond acceptors (Lipinski definition) is 14. The van der Waals surface area contributed by atoms with E-state index in [0.29, 0.717) is 13.0 Å². The molecule has 0 amide bonds. The molecule has 0 aromatic heterocycles. The second-order valence-corrected chi connectivity index (χ2v) is 16.9. The van der Waals surface area contributed by atoms with Gasteiger partial charge in [0.05, 0.1) is 26.4 Å². The molecule has 11 atom stereocenters. The first-order chi connectivity index (χ1) is 31.1. The third-order valence-electron chi connectivity index (χ3n) is 11.3. The molecule has 2 aliphatic rings. The summed E-state index contributed by atoms with van der Waals surface area (Å²) in [5.74, 6) is -0.392. The van der Waals surface area contributed by atoms with E-state index in [0.717, 1.165) is 83.5 Å². The van der Waals surface area contributed by atoms with Gasteiger partial charge < -0.3 is 64.2 Å². The van der Waals surface area contributed by atoms with E-state index < -0.39 is 86.7 Å². The van der Waals surface area contributed by atoms with Gasteiger partial charge in [0.2, 0.25) is 0 Å². The Hall–Kier alpha value is -2.31. The number of carbonyl (C=O) groups is 1. The maximum absolute atomic E-state index is 12.9. The molecular formula is C50H86O14. The summed E-state index contributed by atoms with van der Waals surface area (Å²) < 4.78 is 34.1. The summed E-state index contributed by atoms with van der Waals surface area (Å²) in [6.07, 6.45) is 27.4. The Labute approximate surface area is 384 Å². The topological polar surface area (TPSA) is 214 Å². The highest BCUT2D eigenvalue weighted by Gasteiger charge is 2.47. The number of hydrogen-bond donors (Lipinski definition) is 7. The Morgan fingerprint density at radius 3 is 1.59 bits per heavy atom. The molecule has 0 aromatic rings. The molecule has 0 aromatic carbocycles. The van der Waals surface area contributed by atoms with E-state index in [1.165, 1.54) is 38.5 Å². The van der Waals surface area contributed by atoms with Crippen LogP contribution in [0, 0.1) is 0 Å². The molecule has 14 heteroatoms. The summed E-state index contributed by atoms with van der Waals surface area (Å²) in [6, 6.07) is 0. The monoisotopic (exact) mass is 911 g/mol. The van der Waals surface area contributed by atoms with Crippen molar-refractivity contribution in [2.45, 2.75) is 216 Å². The van der Waals surface area contributed by atoms with Crippen molar-refractivity contribution in [2.75, 3.05) is 33.0 Å². The molecule has 0 radical (unpaired) electrons. The number of allylic oxidation sites excluding steroid dienone is 10. The number of carbonyl (C=O) groups excluding carboxylic acids is 1. The Balaban J connectivity index is 1.71. The first kappa shape index (κ1) is 57.8. The third-order valence-corrected chi connectivity index (χ3v) is 11.3. The van der Waals surface area contributed by atoms with Crippen molar-refractivity contribution in [3.05, 3.63) is 60.8 Å². The van der Waals surface area contributed by atoms with Crippen molar-refractivity contribution >= 4 is 5.97 Å². The molecule has 370 valence electrons. The standard InChI is InChI=1S/C50H86O14/c1-3-5-7-9-11-12-13-14-15-16-17-18-19-20-21-22-23-24-25-26-27-29-31-33-42(52)62-39(36-59-34-32-30-28-10-8-6-4-2)37-60-49-48(58)46(56)44(54)41(64-49)38-61-50-47(57)45(55)43(53)40(35-51)63-50/h5,7,11-12,14-15,17-18,20-21,39-41,43-51,53-58H,3-4,6,8-10,13,16,19,22-38H2,1-2H3/b7-5-,12-11-,15-14-,18-17-,21-20-. The molecule has 2 saturated heterocycles. The molecule has 0 saturated carbocycles. The summed E-state index contributed by atoms with van der Waals surface area (Å²) in [4.78, 5) is 12.9. The Morgan fingerprint density at radius 1 is 0.531 bits per heavy atom. The van der Waals surface area contributed by atoms with Crippen molar-refractivity contribution < 1.29 is 69.0 Å². The molecule has 0 spiro atoms. The van der Waals surface area contributed by atoms with Crippen molar-refractivity contribution in [1.82, 2.24) is 0 Å². The molecule has 14 nitrogen and oxygen atoms in total. The van der Waals surface area contributed by atoms with Gasteiger partial charge in [-0.1, -0.05) is 145 Å². The van der Waals surface area contributed by atoms with Crippen LogP contribution >= 0.6 is 0 Å². The smallest absolute Gasteiger partial charge is 0.306 e. The van der Waals surface area contributed by atoms with Crippen LogP contribution in [0.5, 0.6) is 0 Å². The summed E-state index contributed by atoms with van der Waals surface area (Å²) in [7, 11) is 0. The fraction of sp³-hybridized carbons (Fsp3) is 0.780. The minimum absolute atomic E-state index is 0.0544. The van der Waals surface area contributed by atoms with E-state index in [-0.39, 0.29) is 19.6 Å². The van der Waals surface area contributed by atoms with Crippen molar-refractivity contribution in [2.24, 2.45) is 0 Å². The molecule has 64 heavy (non-hydrogen) atoms. The van der Waals surface area contributed by atoms with E-state index >= 15 is 0 Å². The highest BCUT2D eigenvalue weighted by molar-refractivity contribution is 5.69. The lowest BCUT2D eigenvalue weighted by Crippen LogP contribution is -2.61. The first-order valence-electron chi connectivity index (χ1n) is 24.4. The lowest BCUT2D eigenvalue weighted by Gasteiger charge is -2.42. The van der Waals surface area contributed by atoms with Crippen LogP contribution in [0.4, 0.5) is 0 Å². The fourth-order valence-corrected chi connectivity index (χ4v) is 7.31. The van der Waals surface area contributed by atoms with Gasteiger partial charge in [-0.15, -0.1) is 0 Å². The number of ether oxygens (including phenoxy) is 6. The predicted molar refractivity (Wildman–Crippen MR) is 247 cm³/mol. The average molecular weight is 911 g/mol. The molecular weight excluding hydrogens is 825 g/mol. The number of aliphatic hydroxyl groups excluding tert-OH is 7. The van der Waals surface area contributed by atoms with Crippen LogP contribution in [0.2, 0.25) is 0 Å². The maximum Gasteiger partial charge on any atom is 0.306 e. The number of aliphatic hydroxyl groups is 7. The molecule has 2 heterocycles. The van der Waals surface area contributed by atoms with Crippen molar-refractivity contribution in [3.8, 4) is 0 Å². The summed E-state index contributed by atoms with van der Waals surface area (Å²) >= 11 is 0. The van der Waals surface area contributed by atoms with Crippen molar-refractivity contribution in [3.63, 3.8) is 0 Å². The predicted octanol–water partition coefficient (Wildman–Crippen LogP) is 6.57. The van der Waals surface area contributed by atoms with Gasteiger partial charge in [-0.25, -0.2) is 0 Å². The van der Waals surface area contributed by atoms with Crippen LogP contribution in [0.1, 0.15) is 149 Å². The molecule has 7 N–H and O–H groups in total. The van der Waals surface area contributed by atoms with Gasteiger partial charge >= 0.3 is 5.97 Å². The van der Waals surface area contributed by atoms with Gasteiger partial charge in [0, 0.05) is 13.0 Å². The maximum atomic E-state index is 12.9. The lowest BCUT2D eigenvalue weighted by atomic mass is 9.98. The van der Waals surface area contributed by atoms with Gasteiger partial charge in [0.1, 0.15) is 54.9 Å². The molecule has 0 bridgehead atoms. The first-order valence-corrected chi connectivity index (χ1v) is 24.4. The number of unbranched alkanes of at least 4 members (excludes halogenated alkanes) is 13. The SMILES string of the molecule is CC/C=C\C/C=C\C/C=C\C/C=C\C/C=C\CCCCCCCCCC(=O)OC(COCCCCCCCCC)COC1OC(COC2OC(CO)C(O)C(O)C2O)C(O)C(O)C1O. The quantitative estimate of drug-likeness (QED) is 0.0200. The molecule has 2 fully saturated rings. The van der Waals surface area contributed by atoms with Crippen LogP contribution in [0.15, 0.2) is 60.8 Å². The zero-order chi connectivity index (χ0) is 46.6. The van der Waals surface area contributed by atoms with Crippen LogP contribution in [0.25, 0.3) is 0 Å². The summed E-state index contributed by atoms with van der Waals surface area (Å²) in [5.41, 5.74) is 0. The van der Waals surface area contributed by atoms with Gasteiger partial charge in [0.15, 0.2) is 12.6 Å². The highest BCUT2D eigenvalue weighted by Crippen LogP contribution is 2.26. The van der Waals surface area contributed by atoms with Crippen LogP contribution < -0.4 is 0 Å². The average Bonchev–Trinajstić information content (AvgIpc) is 3.29. The van der Waals surface area contributed by atoms with E-state index in [2.05, 4.69) is 74.6 Å². The molecule has 2 rings (SSSR count). The second kappa shape index (κ2) is 37.7. The molecule has 2 aliphatic heterocycles. The zero-order valence-electron chi connectivity index (χ0n) is 39.0. The Kier molecular flexibility index (Phi) is 34.1. The van der Waals surface area contributed by atoms with Crippen molar-refractivity contribution in [1.29, 1.82) is 0 Å². The molecule has 0 aliphatic carbocycles. The lowest BCUT2D eigenvalue weighted by molar-refractivity contribution is -0.332. The molecule has 11 unspecified atom stereocenters. The zero-order valence-corrected chi connectivity index (χ0v) is 39.0. The van der Waals surface area contributed by atoms with E-state index in [1.54, 1.807) is 0 Å². The van der Waals surface area contributed by atoms with Crippen LogP contribution in [-0.4, -0.2) is 142 Å². The number of esters is 1. The van der Waals surface area contributed by atoms with Gasteiger partial charge in [-0.3, -0.25) is 4.79 Å². The number of rotatable bonds is 37. The largest absolute Gasteiger partial charge is 0.457 e. The van der Waals surface area contributed by atoms with Gasteiger partial charge in [0.25, 0.3) is 0 Å².